The number of hydrogen-bond donors (Lipinski definition) is 1. The third kappa shape index (κ3) is 2.96. The molecule has 2 unspecified atom stereocenters. The Kier molecular flexibility index (Phi) is 4.30. The van der Waals surface area contributed by atoms with Crippen molar-refractivity contribution in [3.8, 4) is 6.07 Å². The number of nitrogens with one attached hydrogen (secondary N) is 1. The summed E-state index contributed by atoms with van der Waals surface area (Å²) in [5, 5.41) is 12.0. The van der Waals surface area contributed by atoms with E-state index in [9.17, 15) is 4.39 Å². The predicted molar refractivity (Wildman–Crippen MR) is 63.7 cm³/mol. The maximum atomic E-state index is 13.1. The normalized spacial score (nSPS) is 13.9. The summed E-state index contributed by atoms with van der Waals surface area (Å²) >= 11 is 0. The molecule has 0 fully saturated rings. The molecule has 0 aliphatic heterocycles. The Morgan fingerprint density at radius 2 is 2.12 bits per heavy atom. The van der Waals surface area contributed by atoms with E-state index in [-0.39, 0.29) is 5.56 Å². The molecule has 0 aliphatic rings. The zero-order chi connectivity index (χ0) is 12.1. The molecule has 0 aromatic heterocycles. The van der Waals surface area contributed by atoms with E-state index in [0.717, 1.165) is 12.1 Å². The van der Waals surface area contributed by atoms with Crippen molar-refractivity contribution in [1.29, 1.82) is 5.26 Å². The lowest BCUT2D eigenvalue weighted by molar-refractivity contribution is 0.494. The minimum atomic E-state index is -0.468. The smallest absolute Gasteiger partial charge is 0.141 e. The molecule has 2 nitrogen and oxygen atoms in total. The number of nitriles is 1. The van der Waals surface area contributed by atoms with Crippen molar-refractivity contribution in [2.75, 3.05) is 5.32 Å². The first-order chi connectivity index (χ1) is 7.58. The summed E-state index contributed by atoms with van der Waals surface area (Å²) < 4.78 is 13.1. The molecule has 0 radical (unpaired) electrons. The van der Waals surface area contributed by atoms with Crippen molar-refractivity contribution < 1.29 is 4.39 Å². The van der Waals surface area contributed by atoms with Gasteiger partial charge in [0.05, 0.1) is 5.56 Å². The molecule has 16 heavy (non-hydrogen) atoms. The van der Waals surface area contributed by atoms with Crippen LogP contribution in [0.2, 0.25) is 0 Å². The first kappa shape index (κ1) is 12.5. The van der Waals surface area contributed by atoms with Crippen molar-refractivity contribution in [2.45, 2.75) is 33.2 Å². The van der Waals surface area contributed by atoms with Crippen LogP contribution < -0.4 is 5.32 Å². The highest BCUT2D eigenvalue weighted by Crippen LogP contribution is 2.17. The van der Waals surface area contributed by atoms with E-state index in [1.165, 1.54) is 6.07 Å². The molecule has 2 atom stereocenters. The second kappa shape index (κ2) is 5.50. The van der Waals surface area contributed by atoms with Gasteiger partial charge in [-0.2, -0.15) is 5.26 Å². The molecule has 0 saturated heterocycles. The molecule has 0 saturated carbocycles. The fourth-order valence-corrected chi connectivity index (χ4v) is 1.46. The van der Waals surface area contributed by atoms with Gasteiger partial charge in [0.2, 0.25) is 0 Å². The van der Waals surface area contributed by atoms with Crippen LogP contribution in [0, 0.1) is 23.1 Å². The van der Waals surface area contributed by atoms with Gasteiger partial charge in [0.15, 0.2) is 0 Å². The van der Waals surface area contributed by atoms with Crippen LogP contribution in [0.4, 0.5) is 10.1 Å². The first-order valence-electron chi connectivity index (χ1n) is 5.54. The van der Waals surface area contributed by atoms with Crippen LogP contribution >= 0.6 is 0 Å². The Labute approximate surface area is 96.1 Å². The molecule has 0 bridgehead atoms. The van der Waals surface area contributed by atoms with Gasteiger partial charge in [-0.1, -0.05) is 20.3 Å². The summed E-state index contributed by atoms with van der Waals surface area (Å²) in [6.07, 6.45) is 1.08. The molecule has 0 heterocycles. The van der Waals surface area contributed by atoms with E-state index in [2.05, 4.69) is 26.1 Å². The van der Waals surface area contributed by atoms with E-state index in [4.69, 9.17) is 5.26 Å². The van der Waals surface area contributed by atoms with Crippen molar-refractivity contribution in [3.05, 3.63) is 29.6 Å². The van der Waals surface area contributed by atoms with Gasteiger partial charge >= 0.3 is 0 Å². The van der Waals surface area contributed by atoms with Gasteiger partial charge in [0, 0.05) is 11.7 Å². The van der Waals surface area contributed by atoms with Crippen LogP contribution in [0.1, 0.15) is 32.8 Å². The first-order valence-corrected chi connectivity index (χ1v) is 5.54. The lowest BCUT2D eigenvalue weighted by Gasteiger charge is -2.21. The third-order valence-electron chi connectivity index (χ3n) is 2.98. The van der Waals surface area contributed by atoms with E-state index in [1.54, 1.807) is 12.1 Å². The molecule has 1 rings (SSSR count). The van der Waals surface area contributed by atoms with Gasteiger partial charge in [0.25, 0.3) is 0 Å². The van der Waals surface area contributed by atoms with Crippen LogP contribution in [0.25, 0.3) is 0 Å². The van der Waals surface area contributed by atoms with Crippen molar-refractivity contribution in [3.63, 3.8) is 0 Å². The van der Waals surface area contributed by atoms with E-state index >= 15 is 0 Å². The molecule has 1 aromatic rings. The van der Waals surface area contributed by atoms with Crippen molar-refractivity contribution >= 4 is 5.69 Å². The van der Waals surface area contributed by atoms with Gasteiger partial charge in [-0.15, -0.1) is 0 Å². The number of halogens is 1. The summed E-state index contributed by atoms with van der Waals surface area (Å²) in [5.74, 6) is 0.0693. The number of nitrogens with zero attached hydrogens (tertiary/aromatic N) is 1. The quantitative estimate of drug-likeness (QED) is 0.842. The SMILES string of the molecule is CCC(C)C(C)Nc1ccc(F)c(C#N)c1. The van der Waals surface area contributed by atoms with Crippen LogP contribution in [0.3, 0.4) is 0 Å². The Morgan fingerprint density at radius 3 is 2.69 bits per heavy atom. The van der Waals surface area contributed by atoms with Crippen LogP contribution in [0.15, 0.2) is 18.2 Å². The van der Waals surface area contributed by atoms with Crippen LogP contribution in [-0.4, -0.2) is 6.04 Å². The highest BCUT2D eigenvalue weighted by atomic mass is 19.1. The summed E-state index contributed by atoms with van der Waals surface area (Å²) in [7, 11) is 0. The number of hydrogen-bond acceptors (Lipinski definition) is 2. The maximum Gasteiger partial charge on any atom is 0.141 e. The Hall–Kier alpha value is -1.56. The highest BCUT2D eigenvalue weighted by molar-refractivity contribution is 5.50. The molecule has 1 aromatic carbocycles. The van der Waals surface area contributed by atoms with E-state index in [1.807, 2.05) is 6.07 Å². The summed E-state index contributed by atoms with van der Waals surface area (Å²) in [5.41, 5.74) is 0.882. The van der Waals surface area contributed by atoms with Gasteiger partial charge in [0.1, 0.15) is 11.9 Å². The van der Waals surface area contributed by atoms with Gasteiger partial charge in [-0.25, -0.2) is 4.39 Å². The third-order valence-corrected chi connectivity index (χ3v) is 2.98. The highest BCUT2D eigenvalue weighted by Gasteiger charge is 2.10. The van der Waals surface area contributed by atoms with Gasteiger partial charge < -0.3 is 5.32 Å². The minimum absolute atomic E-state index is 0.0846. The Bertz CT molecular complexity index is 395. The zero-order valence-electron chi connectivity index (χ0n) is 9.92. The van der Waals surface area contributed by atoms with Gasteiger partial charge in [-0.05, 0) is 31.0 Å². The largest absolute Gasteiger partial charge is 0.382 e. The molecule has 86 valence electrons. The van der Waals surface area contributed by atoms with E-state index in [0.29, 0.717) is 12.0 Å². The second-order valence-corrected chi connectivity index (χ2v) is 4.12. The topological polar surface area (TPSA) is 35.8 Å². The van der Waals surface area contributed by atoms with E-state index < -0.39 is 5.82 Å². The number of anilines is 1. The number of benzene rings is 1. The van der Waals surface area contributed by atoms with Crippen LogP contribution in [0.5, 0.6) is 0 Å². The fraction of sp³-hybridized carbons (Fsp3) is 0.462. The van der Waals surface area contributed by atoms with Crippen molar-refractivity contribution in [1.82, 2.24) is 0 Å². The standard InChI is InChI=1S/C13H17FN2/c1-4-9(2)10(3)16-12-5-6-13(14)11(7-12)8-15/h5-7,9-10,16H,4H2,1-3H3. The zero-order valence-corrected chi connectivity index (χ0v) is 9.92. The van der Waals surface area contributed by atoms with Gasteiger partial charge in [-0.3, -0.25) is 0 Å². The Balaban J connectivity index is 2.79. The van der Waals surface area contributed by atoms with Crippen LogP contribution in [-0.2, 0) is 0 Å². The molecule has 3 heteroatoms. The number of rotatable bonds is 4. The second-order valence-electron chi connectivity index (χ2n) is 4.12. The van der Waals surface area contributed by atoms with Crippen molar-refractivity contribution in [2.24, 2.45) is 5.92 Å². The molecule has 0 spiro atoms. The Morgan fingerprint density at radius 1 is 1.44 bits per heavy atom. The predicted octanol–water partition coefficient (Wildman–Crippen LogP) is 3.54. The lowest BCUT2D eigenvalue weighted by Crippen LogP contribution is -2.23. The monoisotopic (exact) mass is 220 g/mol. The molecule has 0 amide bonds. The minimum Gasteiger partial charge on any atom is -0.382 e. The fourth-order valence-electron chi connectivity index (χ4n) is 1.46. The average molecular weight is 220 g/mol. The molecule has 1 N–H and O–H groups in total. The maximum absolute atomic E-state index is 13.1. The summed E-state index contributed by atoms with van der Waals surface area (Å²) in [6.45, 7) is 6.38. The lowest BCUT2D eigenvalue weighted by atomic mass is 10.0. The molecule has 0 aliphatic carbocycles. The molecular formula is C13H17FN2. The average Bonchev–Trinajstić information content (AvgIpc) is 2.30. The molecular weight excluding hydrogens is 203 g/mol. The summed E-state index contributed by atoms with van der Waals surface area (Å²) in [4.78, 5) is 0. The summed E-state index contributed by atoms with van der Waals surface area (Å²) in [6, 6.07) is 6.68.